The summed E-state index contributed by atoms with van der Waals surface area (Å²) >= 11 is 7.61. The minimum Gasteiger partial charge on any atom is -0.456 e. The van der Waals surface area contributed by atoms with Crippen molar-refractivity contribution in [1.82, 2.24) is 0 Å². The fourth-order valence-electron chi connectivity index (χ4n) is 1.89. The number of esters is 1. The van der Waals surface area contributed by atoms with Crippen molar-refractivity contribution in [2.75, 3.05) is 17.7 Å². The topological polar surface area (TPSA) is 55.4 Å². The summed E-state index contributed by atoms with van der Waals surface area (Å²) in [5.74, 6) is -0.206. The van der Waals surface area contributed by atoms with Gasteiger partial charge in [-0.3, -0.25) is 9.59 Å². The van der Waals surface area contributed by atoms with Gasteiger partial charge in [-0.05, 0) is 36.8 Å². The van der Waals surface area contributed by atoms with Crippen LogP contribution in [-0.2, 0) is 14.3 Å². The number of halogens is 1. The van der Waals surface area contributed by atoms with Crippen LogP contribution in [-0.4, -0.2) is 24.2 Å². The Morgan fingerprint density at radius 2 is 1.92 bits per heavy atom. The number of rotatable bonds is 7. The van der Waals surface area contributed by atoms with E-state index in [1.54, 1.807) is 23.9 Å². The van der Waals surface area contributed by atoms with Crippen molar-refractivity contribution in [3.8, 4) is 0 Å². The van der Waals surface area contributed by atoms with E-state index in [0.29, 0.717) is 16.5 Å². The maximum absolute atomic E-state index is 11.8. The highest BCUT2D eigenvalue weighted by molar-refractivity contribution is 7.99. The van der Waals surface area contributed by atoms with Gasteiger partial charge in [0.1, 0.15) is 0 Å². The molecule has 0 atom stereocenters. The summed E-state index contributed by atoms with van der Waals surface area (Å²) in [5, 5.41) is 3.07. The Morgan fingerprint density at radius 3 is 2.62 bits per heavy atom. The molecule has 0 heterocycles. The second-order valence-electron chi connectivity index (χ2n) is 5.10. The Labute approximate surface area is 150 Å². The number of thioether (sulfide) groups is 1. The number of benzene rings is 2. The second kappa shape index (κ2) is 9.35. The van der Waals surface area contributed by atoms with Gasteiger partial charge in [0.05, 0.1) is 17.1 Å². The van der Waals surface area contributed by atoms with Crippen LogP contribution in [0.15, 0.2) is 53.4 Å². The molecule has 1 N–H and O–H groups in total. The number of ether oxygens (including phenoxy) is 1. The molecule has 0 aliphatic rings. The van der Waals surface area contributed by atoms with E-state index in [-0.39, 0.29) is 13.0 Å². The molecule has 4 nitrogen and oxygen atoms in total. The quantitative estimate of drug-likeness (QED) is 0.588. The lowest BCUT2D eigenvalue weighted by molar-refractivity contribution is -0.146. The second-order valence-corrected chi connectivity index (χ2v) is 6.68. The number of aryl methyl sites for hydroxylation is 1. The molecular weight excluding hydrogens is 346 g/mol. The van der Waals surface area contributed by atoms with Gasteiger partial charge in [0, 0.05) is 10.6 Å². The van der Waals surface area contributed by atoms with Crippen LogP contribution >= 0.6 is 23.4 Å². The minimum absolute atomic E-state index is 0.248. The molecule has 0 saturated carbocycles. The van der Waals surface area contributed by atoms with Gasteiger partial charge in [-0.1, -0.05) is 35.9 Å². The Hall–Kier alpha value is -1.98. The summed E-state index contributed by atoms with van der Waals surface area (Å²) < 4.78 is 4.97. The van der Waals surface area contributed by atoms with Gasteiger partial charge < -0.3 is 10.1 Å². The summed E-state index contributed by atoms with van der Waals surface area (Å²) in [6.45, 7) is 1.59. The molecule has 1 amide bonds. The molecule has 0 radical (unpaired) electrons. The Balaban J connectivity index is 1.68. The Kier molecular flexibility index (Phi) is 7.15. The van der Waals surface area contributed by atoms with Crippen LogP contribution in [0, 0.1) is 6.92 Å². The first-order valence-electron chi connectivity index (χ1n) is 7.44. The average molecular weight is 364 g/mol. The number of hydrogen-bond donors (Lipinski definition) is 1. The standard InChI is InChI=1S/C18H18ClNO3S/c1-13-7-8-16(15(19)11-13)20-17(21)12-23-18(22)9-10-24-14-5-3-2-4-6-14/h2-8,11H,9-10,12H2,1H3,(H,20,21). The monoisotopic (exact) mass is 363 g/mol. The fourth-order valence-corrected chi connectivity index (χ4v) is 3.03. The van der Waals surface area contributed by atoms with Crippen LogP contribution in [0.5, 0.6) is 0 Å². The van der Waals surface area contributed by atoms with Crippen molar-refractivity contribution in [2.24, 2.45) is 0 Å². The molecule has 0 bridgehead atoms. The molecule has 2 rings (SSSR count). The third kappa shape index (κ3) is 6.26. The summed E-state index contributed by atoms with van der Waals surface area (Å²) in [4.78, 5) is 24.6. The van der Waals surface area contributed by atoms with Gasteiger partial charge in [-0.15, -0.1) is 11.8 Å². The van der Waals surface area contributed by atoms with E-state index < -0.39 is 11.9 Å². The molecule has 0 aliphatic carbocycles. The van der Waals surface area contributed by atoms with Gasteiger partial charge in [0.25, 0.3) is 5.91 Å². The molecule has 126 valence electrons. The largest absolute Gasteiger partial charge is 0.456 e. The zero-order chi connectivity index (χ0) is 17.4. The van der Waals surface area contributed by atoms with E-state index >= 15 is 0 Å². The molecule has 0 saturated heterocycles. The number of amides is 1. The van der Waals surface area contributed by atoms with Crippen LogP contribution in [0.4, 0.5) is 5.69 Å². The van der Waals surface area contributed by atoms with E-state index in [0.717, 1.165) is 10.5 Å². The number of hydrogen-bond acceptors (Lipinski definition) is 4. The summed E-state index contributed by atoms with van der Waals surface area (Å²) in [7, 11) is 0. The lowest BCUT2D eigenvalue weighted by Gasteiger charge is -2.08. The third-order valence-electron chi connectivity index (χ3n) is 3.08. The van der Waals surface area contributed by atoms with Crippen LogP contribution in [0.3, 0.4) is 0 Å². The molecule has 6 heteroatoms. The molecule has 0 aliphatic heterocycles. The molecule has 0 unspecified atom stereocenters. The number of carbonyl (C=O) groups excluding carboxylic acids is 2. The predicted octanol–water partition coefficient (Wildman–Crippen LogP) is 4.31. The lowest BCUT2D eigenvalue weighted by atomic mass is 10.2. The lowest BCUT2D eigenvalue weighted by Crippen LogP contribution is -2.21. The molecular formula is C18H18ClNO3S. The molecule has 24 heavy (non-hydrogen) atoms. The number of nitrogens with one attached hydrogen (secondary N) is 1. The molecule has 0 fully saturated rings. The van der Waals surface area contributed by atoms with Crippen molar-refractivity contribution in [1.29, 1.82) is 0 Å². The minimum atomic E-state index is -0.412. The van der Waals surface area contributed by atoms with Crippen molar-refractivity contribution >= 4 is 40.9 Å². The summed E-state index contributed by atoms with van der Waals surface area (Å²) in [6.07, 6.45) is 0.248. The van der Waals surface area contributed by atoms with Crippen molar-refractivity contribution in [3.05, 3.63) is 59.1 Å². The highest BCUT2D eigenvalue weighted by atomic mass is 35.5. The predicted molar refractivity (Wildman–Crippen MR) is 97.6 cm³/mol. The molecule has 2 aromatic rings. The van der Waals surface area contributed by atoms with E-state index in [1.165, 1.54) is 0 Å². The van der Waals surface area contributed by atoms with E-state index in [1.807, 2.05) is 43.3 Å². The molecule has 0 aromatic heterocycles. The fraction of sp³-hybridized carbons (Fsp3) is 0.222. The first-order chi connectivity index (χ1) is 11.5. The van der Waals surface area contributed by atoms with Crippen molar-refractivity contribution in [2.45, 2.75) is 18.2 Å². The van der Waals surface area contributed by atoms with E-state index in [4.69, 9.17) is 16.3 Å². The highest BCUT2D eigenvalue weighted by Crippen LogP contribution is 2.22. The van der Waals surface area contributed by atoms with Crippen LogP contribution in [0.2, 0.25) is 5.02 Å². The van der Waals surface area contributed by atoms with Gasteiger partial charge in [0.15, 0.2) is 6.61 Å². The Bertz CT molecular complexity index is 707. The smallest absolute Gasteiger partial charge is 0.307 e. The van der Waals surface area contributed by atoms with E-state index in [2.05, 4.69) is 5.32 Å². The Morgan fingerprint density at radius 1 is 1.17 bits per heavy atom. The summed E-state index contributed by atoms with van der Waals surface area (Å²) in [5.41, 5.74) is 1.50. The molecule has 0 spiro atoms. The van der Waals surface area contributed by atoms with Crippen LogP contribution in [0.25, 0.3) is 0 Å². The first-order valence-corrected chi connectivity index (χ1v) is 8.80. The summed E-state index contributed by atoms with van der Waals surface area (Å²) in [6, 6.07) is 15.1. The van der Waals surface area contributed by atoms with Crippen molar-refractivity contribution in [3.63, 3.8) is 0 Å². The van der Waals surface area contributed by atoms with Crippen LogP contribution < -0.4 is 5.32 Å². The van der Waals surface area contributed by atoms with Crippen LogP contribution in [0.1, 0.15) is 12.0 Å². The highest BCUT2D eigenvalue weighted by Gasteiger charge is 2.10. The van der Waals surface area contributed by atoms with E-state index in [9.17, 15) is 9.59 Å². The van der Waals surface area contributed by atoms with Gasteiger partial charge in [-0.2, -0.15) is 0 Å². The zero-order valence-electron chi connectivity index (χ0n) is 13.3. The SMILES string of the molecule is Cc1ccc(NC(=O)COC(=O)CCSc2ccccc2)c(Cl)c1. The number of carbonyl (C=O) groups is 2. The van der Waals surface area contributed by atoms with Crippen molar-refractivity contribution < 1.29 is 14.3 Å². The first kappa shape index (κ1) is 18.4. The number of anilines is 1. The zero-order valence-corrected chi connectivity index (χ0v) is 14.8. The third-order valence-corrected chi connectivity index (χ3v) is 4.41. The van der Waals surface area contributed by atoms with Gasteiger partial charge >= 0.3 is 5.97 Å². The maximum Gasteiger partial charge on any atom is 0.307 e. The van der Waals surface area contributed by atoms with Gasteiger partial charge in [-0.25, -0.2) is 0 Å². The maximum atomic E-state index is 11.8. The average Bonchev–Trinajstić information content (AvgIpc) is 2.56. The normalized spacial score (nSPS) is 10.2. The van der Waals surface area contributed by atoms with Gasteiger partial charge in [0.2, 0.25) is 0 Å². The molecule has 2 aromatic carbocycles.